The molecule has 94 valence electrons. The van der Waals surface area contributed by atoms with Gasteiger partial charge in [-0.2, -0.15) is 0 Å². The fraction of sp³-hybridized carbons (Fsp3) is 0.300. The summed E-state index contributed by atoms with van der Waals surface area (Å²) < 4.78 is 1.69. The maximum Gasteiger partial charge on any atom is 0.290 e. The van der Waals surface area contributed by atoms with Crippen LogP contribution < -0.4 is 5.32 Å². The average Bonchev–Trinajstić information content (AvgIpc) is 2.81. The molecule has 0 saturated carbocycles. The summed E-state index contributed by atoms with van der Waals surface area (Å²) in [6, 6.07) is 1.65. The summed E-state index contributed by atoms with van der Waals surface area (Å²) in [7, 11) is 0. The van der Waals surface area contributed by atoms with Crippen LogP contribution in [0.15, 0.2) is 24.7 Å². The highest BCUT2D eigenvalue weighted by atomic mass is 16.6. The van der Waals surface area contributed by atoms with Gasteiger partial charge in [-0.1, -0.05) is 5.21 Å². The average molecular weight is 248 g/mol. The third kappa shape index (κ3) is 2.78. The Labute approximate surface area is 103 Å². The molecule has 0 aromatic carbocycles. The van der Waals surface area contributed by atoms with E-state index < -0.39 is 4.92 Å². The van der Waals surface area contributed by atoms with Gasteiger partial charge in [-0.3, -0.25) is 14.8 Å². The molecule has 0 aliphatic heterocycles. The minimum Gasteiger partial charge on any atom is -0.368 e. The molecule has 0 radical (unpaired) electrons. The molecular weight excluding hydrogens is 236 g/mol. The van der Waals surface area contributed by atoms with Crippen LogP contribution in [-0.4, -0.2) is 31.4 Å². The fourth-order valence-electron chi connectivity index (χ4n) is 1.49. The molecule has 8 nitrogen and oxygen atoms in total. The van der Waals surface area contributed by atoms with Gasteiger partial charge in [0.25, 0.3) is 5.69 Å². The maximum atomic E-state index is 10.6. The molecule has 1 N–H and O–H groups in total. The molecule has 2 aromatic heterocycles. The summed E-state index contributed by atoms with van der Waals surface area (Å²) in [6.07, 6.45) is 4.62. The third-order valence-electron chi connectivity index (χ3n) is 2.40. The predicted octanol–water partition coefficient (Wildman–Crippen LogP) is 1.00. The van der Waals surface area contributed by atoms with Crippen molar-refractivity contribution in [2.75, 3.05) is 11.9 Å². The molecule has 0 amide bonds. The van der Waals surface area contributed by atoms with Crippen molar-refractivity contribution in [1.29, 1.82) is 0 Å². The van der Waals surface area contributed by atoms with E-state index in [0.29, 0.717) is 24.5 Å². The van der Waals surface area contributed by atoms with E-state index in [4.69, 9.17) is 0 Å². The number of nitrogens with zero attached hydrogens (tertiary/aromatic N) is 5. The zero-order valence-electron chi connectivity index (χ0n) is 9.78. The lowest BCUT2D eigenvalue weighted by Crippen LogP contribution is -2.12. The van der Waals surface area contributed by atoms with Crippen molar-refractivity contribution in [1.82, 2.24) is 20.0 Å². The van der Waals surface area contributed by atoms with Gasteiger partial charge in [0.2, 0.25) is 0 Å². The third-order valence-corrected chi connectivity index (χ3v) is 2.40. The number of rotatable bonds is 5. The Kier molecular flexibility index (Phi) is 3.46. The van der Waals surface area contributed by atoms with Gasteiger partial charge < -0.3 is 5.32 Å². The second-order valence-corrected chi connectivity index (χ2v) is 3.71. The van der Waals surface area contributed by atoms with E-state index >= 15 is 0 Å². The minimum atomic E-state index is -0.443. The molecule has 2 aromatic rings. The van der Waals surface area contributed by atoms with Crippen LogP contribution in [0.5, 0.6) is 0 Å². The summed E-state index contributed by atoms with van der Waals surface area (Å²) in [5.41, 5.74) is 0.607. The van der Waals surface area contributed by atoms with Crippen LogP contribution >= 0.6 is 0 Å². The SMILES string of the molecule is Cc1cc(NCCn2ccnn2)ncc1[N+](=O)[O-]. The molecule has 2 rings (SSSR count). The first-order chi connectivity index (χ1) is 8.66. The minimum absolute atomic E-state index is 0.0248. The van der Waals surface area contributed by atoms with Crippen LogP contribution in [0.25, 0.3) is 0 Å². The predicted molar refractivity (Wildman–Crippen MR) is 64.1 cm³/mol. The number of aromatic nitrogens is 4. The van der Waals surface area contributed by atoms with Crippen LogP contribution in [0.4, 0.5) is 11.5 Å². The van der Waals surface area contributed by atoms with E-state index in [9.17, 15) is 10.1 Å². The van der Waals surface area contributed by atoms with Gasteiger partial charge in [0, 0.05) is 18.3 Å². The summed E-state index contributed by atoms with van der Waals surface area (Å²) in [5, 5.41) is 21.2. The topological polar surface area (TPSA) is 98.8 Å². The number of hydrogen-bond donors (Lipinski definition) is 1. The van der Waals surface area contributed by atoms with E-state index in [-0.39, 0.29) is 5.69 Å². The van der Waals surface area contributed by atoms with E-state index in [0.717, 1.165) is 0 Å². The van der Waals surface area contributed by atoms with Crippen molar-refractivity contribution < 1.29 is 4.92 Å². The lowest BCUT2D eigenvalue weighted by molar-refractivity contribution is -0.385. The Morgan fingerprint density at radius 1 is 1.56 bits per heavy atom. The Bertz CT molecular complexity index is 539. The molecule has 0 aliphatic carbocycles. The number of nitro groups is 1. The van der Waals surface area contributed by atoms with Crippen LogP contribution in [0, 0.1) is 17.0 Å². The quantitative estimate of drug-likeness (QED) is 0.626. The molecule has 18 heavy (non-hydrogen) atoms. The van der Waals surface area contributed by atoms with Gasteiger partial charge in [0.05, 0.1) is 17.7 Å². The zero-order chi connectivity index (χ0) is 13.0. The highest BCUT2D eigenvalue weighted by molar-refractivity contribution is 5.46. The summed E-state index contributed by atoms with van der Waals surface area (Å²) in [6.45, 7) is 2.95. The largest absolute Gasteiger partial charge is 0.368 e. The van der Waals surface area contributed by atoms with Gasteiger partial charge in [0.1, 0.15) is 12.0 Å². The molecule has 0 fully saturated rings. The van der Waals surface area contributed by atoms with Crippen molar-refractivity contribution in [2.45, 2.75) is 13.5 Å². The molecule has 2 heterocycles. The number of pyridine rings is 1. The Balaban J connectivity index is 1.94. The van der Waals surface area contributed by atoms with Crippen molar-refractivity contribution in [3.63, 3.8) is 0 Å². The Hall–Kier alpha value is -2.51. The van der Waals surface area contributed by atoms with E-state index in [1.54, 1.807) is 30.1 Å². The highest BCUT2D eigenvalue weighted by Gasteiger charge is 2.10. The first kappa shape index (κ1) is 12.0. The van der Waals surface area contributed by atoms with Crippen molar-refractivity contribution in [3.05, 3.63) is 40.3 Å². The molecule has 8 heteroatoms. The van der Waals surface area contributed by atoms with E-state index in [1.807, 2.05) is 0 Å². The first-order valence-corrected chi connectivity index (χ1v) is 5.36. The Morgan fingerprint density at radius 3 is 3.00 bits per heavy atom. The first-order valence-electron chi connectivity index (χ1n) is 5.36. The van der Waals surface area contributed by atoms with E-state index in [2.05, 4.69) is 20.6 Å². The second kappa shape index (κ2) is 5.21. The van der Waals surface area contributed by atoms with Crippen LogP contribution in [-0.2, 0) is 6.54 Å². The maximum absolute atomic E-state index is 10.6. The van der Waals surface area contributed by atoms with Gasteiger partial charge in [-0.15, -0.1) is 5.10 Å². The fourth-order valence-corrected chi connectivity index (χ4v) is 1.49. The number of aryl methyl sites for hydroxylation is 1. The van der Waals surface area contributed by atoms with Crippen LogP contribution in [0.3, 0.4) is 0 Å². The zero-order valence-corrected chi connectivity index (χ0v) is 9.78. The van der Waals surface area contributed by atoms with Crippen LogP contribution in [0.1, 0.15) is 5.56 Å². The number of nitrogens with one attached hydrogen (secondary N) is 1. The van der Waals surface area contributed by atoms with Crippen molar-refractivity contribution >= 4 is 11.5 Å². The van der Waals surface area contributed by atoms with Gasteiger partial charge in [-0.05, 0) is 13.0 Å². The molecule has 0 bridgehead atoms. The number of anilines is 1. The standard InChI is InChI=1S/C10H12N6O2/c1-8-6-10(12-7-9(8)16(17)18)11-2-4-15-5-3-13-14-15/h3,5-7H,2,4H2,1H3,(H,11,12). The molecule has 0 spiro atoms. The lowest BCUT2D eigenvalue weighted by Gasteiger charge is -2.06. The highest BCUT2D eigenvalue weighted by Crippen LogP contribution is 2.18. The molecule has 0 aliphatic rings. The summed E-state index contributed by atoms with van der Waals surface area (Å²) in [4.78, 5) is 14.2. The molecule has 0 unspecified atom stereocenters. The summed E-state index contributed by atoms with van der Waals surface area (Å²) in [5.74, 6) is 0.609. The summed E-state index contributed by atoms with van der Waals surface area (Å²) >= 11 is 0. The lowest BCUT2D eigenvalue weighted by atomic mass is 10.2. The Morgan fingerprint density at radius 2 is 2.39 bits per heavy atom. The normalized spacial score (nSPS) is 10.3. The van der Waals surface area contributed by atoms with Crippen molar-refractivity contribution in [3.8, 4) is 0 Å². The molecule has 0 saturated heterocycles. The van der Waals surface area contributed by atoms with Gasteiger partial charge in [0.15, 0.2) is 0 Å². The monoisotopic (exact) mass is 248 g/mol. The molecule has 0 atom stereocenters. The van der Waals surface area contributed by atoms with Gasteiger partial charge in [-0.25, -0.2) is 4.98 Å². The molecular formula is C10H12N6O2. The second-order valence-electron chi connectivity index (χ2n) is 3.71. The van der Waals surface area contributed by atoms with Crippen molar-refractivity contribution in [2.24, 2.45) is 0 Å². The number of hydrogen-bond acceptors (Lipinski definition) is 6. The van der Waals surface area contributed by atoms with E-state index in [1.165, 1.54) is 6.20 Å². The smallest absolute Gasteiger partial charge is 0.290 e. The van der Waals surface area contributed by atoms with Crippen LogP contribution in [0.2, 0.25) is 0 Å². The van der Waals surface area contributed by atoms with Gasteiger partial charge >= 0.3 is 0 Å².